The van der Waals surface area contributed by atoms with Gasteiger partial charge >= 0.3 is 0 Å². The van der Waals surface area contributed by atoms with Crippen molar-refractivity contribution < 1.29 is 0 Å². The first-order valence-electron chi connectivity index (χ1n) is 5.75. The number of hydrogen-bond donors (Lipinski definition) is 4. The van der Waals surface area contributed by atoms with Gasteiger partial charge in [0.25, 0.3) is 0 Å². The van der Waals surface area contributed by atoms with Crippen molar-refractivity contribution >= 4 is 23.3 Å². The Hall–Kier alpha value is -2.24. The van der Waals surface area contributed by atoms with Crippen LogP contribution < -0.4 is 22.5 Å². The molecule has 0 atom stereocenters. The quantitative estimate of drug-likeness (QED) is 0.469. The van der Waals surface area contributed by atoms with Crippen molar-refractivity contribution in [1.82, 2.24) is 0 Å². The maximum Gasteiger partial charge on any atom is 0.223 e. The lowest BCUT2D eigenvalue weighted by Gasteiger charge is -2.11. The van der Waals surface area contributed by atoms with Crippen LogP contribution in [-0.2, 0) is 0 Å². The molecule has 7 N–H and O–H groups in total. The lowest BCUT2D eigenvalue weighted by molar-refractivity contribution is 0.689. The molecular formula is C12H20N6. The molecule has 0 aromatic heterocycles. The number of nitrogens with one attached hydrogen (secondary N) is 1. The van der Waals surface area contributed by atoms with Gasteiger partial charge in [0.05, 0.1) is 11.4 Å². The van der Waals surface area contributed by atoms with E-state index in [0.717, 1.165) is 12.2 Å². The van der Waals surface area contributed by atoms with Crippen molar-refractivity contribution in [2.45, 2.75) is 13.8 Å². The van der Waals surface area contributed by atoms with Crippen LogP contribution in [0.5, 0.6) is 0 Å². The second-order valence-electron chi connectivity index (χ2n) is 4.30. The minimum Gasteiger partial charge on any atom is -0.383 e. The van der Waals surface area contributed by atoms with Crippen LogP contribution in [0.15, 0.2) is 34.3 Å². The Bertz CT molecular complexity index is 446. The van der Waals surface area contributed by atoms with Crippen molar-refractivity contribution in [2.75, 3.05) is 11.9 Å². The minimum absolute atomic E-state index is 0.0359. The van der Waals surface area contributed by atoms with E-state index >= 15 is 0 Å². The predicted octanol–water partition coefficient (Wildman–Crippen LogP) is 0.974. The number of benzene rings is 1. The van der Waals surface area contributed by atoms with E-state index in [1.807, 2.05) is 24.3 Å². The summed E-state index contributed by atoms with van der Waals surface area (Å²) in [6.07, 6.45) is 0. The van der Waals surface area contributed by atoms with Crippen LogP contribution in [0.25, 0.3) is 0 Å². The largest absolute Gasteiger partial charge is 0.383 e. The summed E-state index contributed by atoms with van der Waals surface area (Å²) in [5.74, 6) is 0.467. The molecule has 0 saturated heterocycles. The lowest BCUT2D eigenvalue weighted by Crippen LogP contribution is -2.26. The summed E-state index contributed by atoms with van der Waals surface area (Å²) in [6.45, 7) is 5.12. The van der Waals surface area contributed by atoms with E-state index in [9.17, 15) is 0 Å². The Labute approximate surface area is 107 Å². The van der Waals surface area contributed by atoms with E-state index in [1.165, 1.54) is 0 Å². The number of nitrogens with zero attached hydrogens (tertiary/aromatic N) is 2. The van der Waals surface area contributed by atoms with E-state index in [4.69, 9.17) is 17.2 Å². The highest BCUT2D eigenvalue weighted by molar-refractivity contribution is 5.94. The van der Waals surface area contributed by atoms with Crippen molar-refractivity contribution in [1.29, 1.82) is 0 Å². The van der Waals surface area contributed by atoms with Crippen molar-refractivity contribution in [3.63, 3.8) is 0 Å². The Balaban J connectivity index is 2.91. The van der Waals surface area contributed by atoms with Crippen molar-refractivity contribution in [2.24, 2.45) is 33.1 Å². The fourth-order valence-electron chi connectivity index (χ4n) is 1.32. The number of rotatable bonds is 4. The molecule has 0 spiro atoms. The fraction of sp³-hybridized carbons (Fsp3) is 0.333. The molecule has 0 fully saturated rings. The summed E-state index contributed by atoms with van der Waals surface area (Å²) in [4.78, 5) is 7.84. The fourth-order valence-corrected chi connectivity index (χ4v) is 1.32. The third kappa shape index (κ3) is 4.73. The second kappa shape index (κ2) is 6.48. The van der Waals surface area contributed by atoms with Gasteiger partial charge in [0.2, 0.25) is 5.96 Å². The molecule has 0 saturated carbocycles. The summed E-state index contributed by atoms with van der Waals surface area (Å²) in [5.41, 5.74) is 17.7. The zero-order chi connectivity index (χ0) is 13.5. The smallest absolute Gasteiger partial charge is 0.223 e. The monoisotopic (exact) mass is 248 g/mol. The summed E-state index contributed by atoms with van der Waals surface area (Å²) < 4.78 is 0. The zero-order valence-electron chi connectivity index (χ0n) is 10.7. The van der Waals surface area contributed by atoms with Gasteiger partial charge in [0.1, 0.15) is 0 Å². The summed E-state index contributed by atoms with van der Waals surface area (Å²) in [5, 5.41) is 3.30. The Morgan fingerprint density at radius 1 is 1.22 bits per heavy atom. The van der Waals surface area contributed by atoms with Crippen LogP contribution in [0.4, 0.5) is 11.4 Å². The molecule has 1 aromatic carbocycles. The van der Waals surface area contributed by atoms with Crippen molar-refractivity contribution in [3.8, 4) is 0 Å². The number of aliphatic imine (C=N–C) groups is 2. The van der Waals surface area contributed by atoms with E-state index in [1.54, 1.807) is 0 Å². The van der Waals surface area contributed by atoms with E-state index in [0.29, 0.717) is 11.6 Å². The van der Waals surface area contributed by atoms with Crippen molar-refractivity contribution in [3.05, 3.63) is 24.3 Å². The molecule has 1 aromatic rings. The topological polar surface area (TPSA) is 115 Å². The summed E-state index contributed by atoms with van der Waals surface area (Å²) >= 11 is 0. The Kier molecular flexibility index (Phi) is 4.98. The second-order valence-corrected chi connectivity index (χ2v) is 4.30. The van der Waals surface area contributed by atoms with E-state index in [2.05, 4.69) is 29.1 Å². The van der Waals surface area contributed by atoms with E-state index in [-0.39, 0.29) is 11.9 Å². The molecule has 0 amide bonds. The molecule has 0 heterocycles. The number of hydrogen-bond acceptors (Lipinski definition) is 2. The van der Waals surface area contributed by atoms with Gasteiger partial charge in [-0.05, 0) is 18.1 Å². The minimum atomic E-state index is -0.108. The molecule has 0 aliphatic rings. The molecule has 98 valence electrons. The van der Waals surface area contributed by atoms with Crippen LogP contribution >= 0.6 is 0 Å². The normalized spacial score (nSPS) is 11.4. The van der Waals surface area contributed by atoms with Crippen LogP contribution in [0.3, 0.4) is 0 Å². The summed E-state index contributed by atoms with van der Waals surface area (Å²) in [6, 6.07) is 7.59. The Morgan fingerprint density at radius 3 is 2.50 bits per heavy atom. The average molecular weight is 248 g/mol. The molecule has 1 rings (SSSR count). The molecule has 18 heavy (non-hydrogen) atoms. The standard InChI is InChI=1S/C12H20N6/c1-8(2)7-16-9-5-3-4-6-10(9)17-12(15)18-11(13)14/h3-6,8,16H,7H2,1-2H3,(H6,13,14,15,17,18). The summed E-state index contributed by atoms with van der Waals surface area (Å²) in [7, 11) is 0. The molecule has 0 aliphatic carbocycles. The SMILES string of the molecule is CC(C)CNc1ccccc1N=C(N)N=C(N)N. The number of anilines is 1. The van der Waals surface area contributed by atoms with Crippen LogP contribution in [0, 0.1) is 5.92 Å². The third-order valence-electron chi connectivity index (χ3n) is 2.08. The van der Waals surface area contributed by atoms with Gasteiger partial charge in [-0.3, -0.25) is 0 Å². The number of para-hydroxylation sites is 2. The number of nitrogens with two attached hydrogens (primary N) is 3. The Morgan fingerprint density at radius 2 is 1.89 bits per heavy atom. The highest BCUT2D eigenvalue weighted by Crippen LogP contribution is 2.24. The maximum absolute atomic E-state index is 5.61. The lowest BCUT2D eigenvalue weighted by atomic mass is 10.2. The molecular weight excluding hydrogens is 228 g/mol. The average Bonchev–Trinajstić information content (AvgIpc) is 2.26. The first kappa shape index (κ1) is 13.8. The molecule has 0 bridgehead atoms. The van der Waals surface area contributed by atoms with Gasteiger partial charge in [-0.15, -0.1) is 0 Å². The van der Waals surface area contributed by atoms with Gasteiger partial charge < -0.3 is 22.5 Å². The molecule has 0 aliphatic heterocycles. The first-order chi connectivity index (χ1) is 8.49. The predicted molar refractivity (Wildman–Crippen MR) is 76.9 cm³/mol. The zero-order valence-corrected chi connectivity index (χ0v) is 10.7. The van der Waals surface area contributed by atoms with Crippen LogP contribution in [0.1, 0.15) is 13.8 Å². The van der Waals surface area contributed by atoms with Gasteiger partial charge in [-0.2, -0.15) is 4.99 Å². The highest BCUT2D eigenvalue weighted by Gasteiger charge is 2.02. The maximum atomic E-state index is 5.61. The van der Waals surface area contributed by atoms with Crippen LogP contribution in [-0.4, -0.2) is 18.5 Å². The third-order valence-corrected chi connectivity index (χ3v) is 2.08. The highest BCUT2D eigenvalue weighted by atomic mass is 15.1. The van der Waals surface area contributed by atoms with Gasteiger partial charge in [-0.25, -0.2) is 4.99 Å². The number of guanidine groups is 2. The molecule has 6 heteroatoms. The van der Waals surface area contributed by atoms with Gasteiger partial charge in [0, 0.05) is 6.54 Å². The molecule has 0 radical (unpaired) electrons. The first-order valence-corrected chi connectivity index (χ1v) is 5.75. The van der Waals surface area contributed by atoms with E-state index < -0.39 is 0 Å². The molecule has 6 nitrogen and oxygen atoms in total. The van der Waals surface area contributed by atoms with Gasteiger partial charge in [0.15, 0.2) is 5.96 Å². The van der Waals surface area contributed by atoms with Crippen LogP contribution in [0.2, 0.25) is 0 Å². The molecule has 0 unspecified atom stereocenters. The van der Waals surface area contributed by atoms with Gasteiger partial charge in [-0.1, -0.05) is 26.0 Å².